The molecule has 0 bridgehead atoms. The van der Waals surface area contributed by atoms with Crippen LogP contribution in [0, 0.1) is 12.7 Å². The molecule has 1 heterocycles. The highest BCUT2D eigenvalue weighted by Gasteiger charge is 2.05. The predicted octanol–water partition coefficient (Wildman–Crippen LogP) is 4.98. The Bertz CT molecular complexity index is 855. The van der Waals surface area contributed by atoms with E-state index in [9.17, 15) is 4.39 Å². The van der Waals surface area contributed by atoms with E-state index in [-0.39, 0.29) is 5.02 Å². The molecule has 0 radical (unpaired) electrons. The van der Waals surface area contributed by atoms with Crippen LogP contribution in [0.3, 0.4) is 0 Å². The van der Waals surface area contributed by atoms with E-state index < -0.39 is 5.82 Å². The average Bonchev–Trinajstić information content (AvgIpc) is 2.59. The molecular weight excluding hydrogens is 339 g/mol. The lowest BCUT2D eigenvalue weighted by atomic mass is 10.1. The van der Waals surface area contributed by atoms with E-state index in [1.165, 1.54) is 17.7 Å². The normalized spacial score (nSPS) is 10.5. The Hall–Kier alpha value is -2.66. The van der Waals surface area contributed by atoms with E-state index in [0.29, 0.717) is 11.6 Å². The first-order valence-corrected chi connectivity index (χ1v) is 8.33. The summed E-state index contributed by atoms with van der Waals surface area (Å²) in [6, 6.07) is 16.5. The van der Waals surface area contributed by atoms with Crippen molar-refractivity contribution in [3.8, 4) is 0 Å². The monoisotopic (exact) mass is 356 g/mol. The van der Waals surface area contributed by atoms with E-state index >= 15 is 0 Å². The van der Waals surface area contributed by atoms with Crippen LogP contribution in [0.5, 0.6) is 0 Å². The molecular formula is C19H18ClFN4. The van der Waals surface area contributed by atoms with E-state index in [4.69, 9.17) is 11.6 Å². The zero-order chi connectivity index (χ0) is 17.6. The van der Waals surface area contributed by atoms with Crippen LogP contribution in [0.1, 0.15) is 11.3 Å². The maximum Gasteiger partial charge on any atom is 0.229 e. The van der Waals surface area contributed by atoms with Crippen molar-refractivity contribution in [1.82, 2.24) is 9.97 Å². The third-order valence-electron chi connectivity index (χ3n) is 3.59. The van der Waals surface area contributed by atoms with Gasteiger partial charge in [-0.3, -0.25) is 0 Å². The summed E-state index contributed by atoms with van der Waals surface area (Å²) >= 11 is 5.80. The fourth-order valence-corrected chi connectivity index (χ4v) is 2.58. The van der Waals surface area contributed by atoms with Gasteiger partial charge in [0.1, 0.15) is 11.6 Å². The van der Waals surface area contributed by atoms with Gasteiger partial charge in [-0.25, -0.2) is 9.37 Å². The summed E-state index contributed by atoms with van der Waals surface area (Å²) in [6.07, 6.45) is 0.903. The van der Waals surface area contributed by atoms with Gasteiger partial charge in [-0.05, 0) is 37.1 Å². The molecule has 0 fully saturated rings. The first-order valence-electron chi connectivity index (χ1n) is 7.96. The molecule has 2 N–H and O–H groups in total. The molecule has 0 saturated heterocycles. The summed E-state index contributed by atoms with van der Waals surface area (Å²) in [4.78, 5) is 8.79. The largest absolute Gasteiger partial charge is 0.370 e. The van der Waals surface area contributed by atoms with Gasteiger partial charge in [0.05, 0.1) is 5.02 Å². The minimum absolute atomic E-state index is 0.0545. The van der Waals surface area contributed by atoms with Gasteiger partial charge in [-0.2, -0.15) is 4.98 Å². The number of halogens is 2. The predicted molar refractivity (Wildman–Crippen MR) is 100 cm³/mol. The molecule has 3 aromatic rings. The van der Waals surface area contributed by atoms with Gasteiger partial charge in [-0.15, -0.1) is 0 Å². The van der Waals surface area contributed by atoms with Crippen molar-refractivity contribution in [1.29, 1.82) is 0 Å². The Labute approximate surface area is 151 Å². The van der Waals surface area contributed by atoms with Crippen molar-refractivity contribution in [3.05, 3.63) is 76.7 Å². The van der Waals surface area contributed by atoms with Crippen molar-refractivity contribution in [2.45, 2.75) is 13.3 Å². The molecule has 25 heavy (non-hydrogen) atoms. The lowest BCUT2D eigenvalue weighted by Crippen LogP contribution is -2.08. The highest BCUT2D eigenvalue weighted by Crippen LogP contribution is 2.22. The first kappa shape index (κ1) is 17.2. The number of hydrogen-bond donors (Lipinski definition) is 2. The molecule has 3 rings (SSSR count). The lowest BCUT2D eigenvalue weighted by Gasteiger charge is -2.10. The van der Waals surface area contributed by atoms with Crippen LogP contribution in [-0.2, 0) is 6.42 Å². The molecule has 0 spiro atoms. The summed E-state index contributed by atoms with van der Waals surface area (Å²) in [6.45, 7) is 2.66. The van der Waals surface area contributed by atoms with Gasteiger partial charge < -0.3 is 10.6 Å². The number of nitrogens with one attached hydrogen (secondary N) is 2. The molecule has 0 atom stereocenters. The maximum absolute atomic E-state index is 13.2. The molecule has 128 valence electrons. The first-order chi connectivity index (χ1) is 12.1. The molecule has 4 nitrogen and oxygen atoms in total. The quantitative estimate of drug-likeness (QED) is 0.654. The summed E-state index contributed by atoms with van der Waals surface area (Å²) in [5, 5.41) is 6.41. The summed E-state index contributed by atoms with van der Waals surface area (Å²) in [7, 11) is 0. The van der Waals surface area contributed by atoms with Gasteiger partial charge >= 0.3 is 0 Å². The van der Waals surface area contributed by atoms with E-state index in [2.05, 4.69) is 32.7 Å². The minimum atomic E-state index is -0.458. The van der Waals surface area contributed by atoms with Crippen molar-refractivity contribution in [3.63, 3.8) is 0 Å². The third kappa shape index (κ3) is 4.90. The average molecular weight is 357 g/mol. The number of rotatable bonds is 6. The van der Waals surface area contributed by atoms with Crippen molar-refractivity contribution in [2.75, 3.05) is 17.2 Å². The Morgan fingerprint density at radius 1 is 1.04 bits per heavy atom. The second kappa shape index (κ2) is 7.94. The number of hydrogen-bond acceptors (Lipinski definition) is 4. The Morgan fingerprint density at radius 3 is 2.60 bits per heavy atom. The number of aryl methyl sites for hydroxylation is 1. The van der Waals surface area contributed by atoms with Crippen LogP contribution in [0.25, 0.3) is 0 Å². The Balaban J connectivity index is 1.66. The molecule has 0 saturated carbocycles. The molecule has 6 heteroatoms. The van der Waals surface area contributed by atoms with E-state index in [1.807, 2.05) is 31.2 Å². The fourth-order valence-electron chi connectivity index (χ4n) is 2.40. The van der Waals surface area contributed by atoms with Crippen LogP contribution in [0.15, 0.2) is 54.6 Å². The van der Waals surface area contributed by atoms with Crippen LogP contribution < -0.4 is 10.6 Å². The summed E-state index contributed by atoms with van der Waals surface area (Å²) < 4.78 is 13.2. The number of anilines is 3. The summed E-state index contributed by atoms with van der Waals surface area (Å²) in [5.41, 5.74) is 2.72. The molecule has 2 aromatic carbocycles. The Kier molecular flexibility index (Phi) is 5.46. The molecule has 0 aliphatic carbocycles. The van der Waals surface area contributed by atoms with Crippen molar-refractivity contribution in [2.24, 2.45) is 0 Å². The number of nitrogens with zero attached hydrogens (tertiary/aromatic N) is 2. The SMILES string of the molecule is Cc1cc(NCCc2ccccc2)nc(Nc2ccc(F)c(Cl)c2)n1. The number of aromatic nitrogens is 2. The van der Waals surface area contributed by atoms with Crippen LogP contribution in [-0.4, -0.2) is 16.5 Å². The maximum atomic E-state index is 13.2. The molecule has 0 amide bonds. The second-order valence-corrected chi connectivity index (χ2v) is 6.04. The molecule has 0 aliphatic heterocycles. The third-order valence-corrected chi connectivity index (χ3v) is 3.88. The van der Waals surface area contributed by atoms with Crippen molar-refractivity contribution < 1.29 is 4.39 Å². The second-order valence-electron chi connectivity index (χ2n) is 5.63. The van der Waals surface area contributed by atoms with Gasteiger partial charge in [0, 0.05) is 24.0 Å². The fraction of sp³-hybridized carbons (Fsp3) is 0.158. The highest BCUT2D eigenvalue weighted by molar-refractivity contribution is 6.31. The highest BCUT2D eigenvalue weighted by atomic mass is 35.5. The molecule has 0 aliphatic rings. The smallest absolute Gasteiger partial charge is 0.229 e. The van der Waals surface area contributed by atoms with Gasteiger partial charge in [-0.1, -0.05) is 41.9 Å². The number of benzene rings is 2. The summed E-state index contributed by atoms with van der Waals surface area (Å²) in [5.74, 6) is 0.713. The molecule has 0 unspecified atom stereocenters. The minimum Gasteiger partial charge on any atom is -0.370 e. The molecule has 1 aromatic heterocycles. The van der Waals surface area contributed by atoms with E-state index in [1.54, 1.807) is 6.07 Å². The zero-order valence-corrected chi connectivity index (χ0v) is 14.5. The van der Waals surface area contributed by atoms with E-state index in [0.717, 1.165) is 24.5 Å². The standard InChI is InChI=1S/C19H18ClFN4/c1-13-11-18(22-10-9-14-5-3-2-4-6-14)25-19(23-13)24-15-7-8-17(21)16(20)12-15/h2-8,11-12H,9-10H2,1H3,(H2,22,23,24,25). The topological polar surface area (TPSA) is 49.8 Å². The van der Waals surface area contributed by atoms with Crippen molar-refractivity contribution >= 4 is 29.1 Å². The van der Waals surface area contributed by atoms with Gasteiger partial charge in [0.15, 0.2) is 0 Å². The van der Waals surface area contributed by atoms with Crippen LogP contribution >= 0.6 is 11.6 Å². The lowest BCUT2D eigenvalue weighted by molar-refractivity contribution is 0.628. The van der Waals surface area contributed by atoms with Crippen LogP contribution in [0.2, 0.25) is 5.02 Å². The van der Waals surface area contributed by atoms with Gasteiger partial charge in [0.2, 0.25) is 5.95 Å². The van der Waals surface area contributed by atoms with Crippen LogP contribution in [0.4, 0.5) is 21.8 Å². The van der Waals surface area contributed by atoms with Gasteiger partial charge in [0.25, 0.3) is 0 Å². The zero-order valence-electron chi connectivity index (χ0n) is 13.8. The Morgan fingerprint density at radius 2 is 1.84 bits per heavy atom.